The summed E-state index contributed by atoms with van der Waals surface area (Å²) < 4.78 is 31.5. The number of carbonyl (C=O) groups excluding carboxylic acids is 1. The summed E-state index contributed by atoms with van der Waals surface area (Å²) >= 11 is 0. The number of fused-ring (bicyclic) bond motifs is 1. The fourth-order valence-corrected chi connectivity index (χ4v) is 4.74. The molecule has 4 nitrogen and oxygen atoms in total. The fourth-order valence-electron chi connectivity index (χ4n) is 4.74. The molecule has 3 aromatic rings. The highest BCUT2D eigenvalue weighted by molar-refractivity contribution is 5.97. The molecule has 1 aliphatic rings. The Morgan fingerprint density at radius 1 is 1.03 bits per heavy atom. The molecule has 0 atom stereocenters. The van der Waals surface area contributed by atoms with Crippen molar-refractivity contribution in [2.45, 2.75) is 50.4 Å². The zero-order valence-corrected chi connectivity index (χ0v) is 17.5. The molecule has 1 heterocycles. The molecule has 0 spiro atoms. The molecule has 0 amide bonds. The van der Waals surface area contributed by atoms with Gasteiger partial charge < -0.3 is 13.9 Å². The van der Waals surface area contributed by atoms with Crippen molar-refractivity contribution < 1.29 is 23.1 Å². The van der Waals surface area contributed by atoms with Crippen molar-refractivity contribution in [2.24, 2.45) is 0 Å². The van der Waals surface area contributed by atoms with E-state index >= 15 is 4.39 Å². The van der Waals surface area contributed by atoms with E-state index in [4.69, 9.17) is 13.9 Å². The van der Waals surface area contributed by atoms with Gasteiger partial charge >= 0.3 is 0 Å². The molecule has 0 bridgehead atoms. The number of para-hydroxylation sites is 1. The molecule has 2 aromatic carbocycles. The molecule has 158 valence electrons. The van der Waals surface area contributed by atoms with Crippen LogP contribution >= 0.6 is 0 Å². The molecule has 1 aromatic heterocycles. The zero-order valence-electron chi connectivity index (χ0n) is 17.5. The van der Waals surface area contributed by atoms with Gasteiger partial charge in [-0.05, 0) is 48.4 Å². The summed E-state index contributed by atoms with van der Waals surface area (Å²) in [6, 6.07) is 12.5. The van der Waals surface area contributed by atoms with Gasteiger partial charge in [-0.2, -0.15) is 0 Å². The van der Waals surface area contributed by atoms with Gasteiger partial charge in [-0.15, -0.1) is 0 Å². The Hall–Kier alpha value is -2.82. The van der Waals surface area contributed by atoms with Gasteiger partial charge in [0.05, 0.1) is 14.2 Å². The normalized spacial score (nSPS) is 15.8. The number of hydrogen-bond acceptors (Lipinski definition) is 4. The van der Waals surface area contributed by atoms with Crippen LogP contribution in [0, 0.1) is 5.82 Å². The molecule has 0 radical (unpaired) electrons. The molecular weight excluding hydrogens is 383 g/mol. The summed E-state index contributed by atoms with van der Waals surface area (Å²) in [6.45, 7) is 0. The molecule has 30 heavy (non-hydrogen) atoms. The Kier molecular flexibility index (Phi) is 5.80. The van der Waals surface area contributed by atoms with Gasteiger partial charge in [0, 0.05) is 17.9 Å². The lowest BCUT2D eigenvalue weighted by Crippen LogP contribution is -2.31. The van der Waals surface area contributed by atoms with Crippen LogP contribution in [-0.4, -0.2) is 20.0 Å². The Balaban J connectivity index is 1.62. The van der Waals surface area contributed by atoms with E-state index in [2.05, 4.69) is 0 Å². The van der Waals surface area contributed by atoms with Crippen LogP contribution in [0.5, 0.6) is 11.5 Å². The van der Waals surface area contributed by atoms with Crippen molar-refractivity contribution in [1.29, 1.82) is 0 Å². The second kappa shape index (κ2) is 8.50. The number of Topliss-reactive ketones (excluding diaryl/α,β-unsaturated/α-hetero) is 1. The molecule has 1 saturated carbocycles. The number of ether oxygens (including phenoxy) is 2. The quantitative estimate of drug-likeness (QED) is 0.420. The van der Waals surface area contributed by atoms with E-state index in [9.17, 15) is 4.79 Å². The molecule has 0 aliphatic heterocycles. The number of furan rings is 1. The molecule has 1 aliphatic carbocycles. The first-order chi connectivity index (χ1) is 14.6. The van der Waals surface area contributed by atoms with Crippen molar-refractivity contribution in [2.75, 3.05) is 14.2 Å². The molecule has 0 unspecified atom stereocenters. The van der Waals surface area contributed by atoms with E-state index in [1.54, 1.807) is 19.2 Å². The van der Waals surface area contributed by atoms with Gasteiger partial charge in [0.2, 0.25) is 0 Å². The Morgan fingerprint density at radius 3 is 2.43 bits per heavy atom. The number of benzene rings is 2. The Bertz CT molecular complexity index is 1010. The first kappa shape index (κ1) is 20.5. The summed E-state index contributed by atoms with van der Waals surface area (Å²) in [5, 5.41) is 0.916. The lowest BCUT2D eigenvalue weighted by atomic mass is 9.66. The first-order valence-electron chi connectivity index (χ1n) is 10.5. The third kappa shape index (κ3) is 3.81. The molecular formula is C25H27FO4. The molecule has 1 fully saturated rings. The van der Waals surface area contributed by atoms with Gasteiger partial charge in [-0.3, -0.25) is 4.79 Å². The summed E-state index contributed by atoms with van der Waals surface area (Å²) in [7, 11) is 3.05. The van der Waals surface area contributed by atoms with Crippen LogP contribution in [0.2, 0.25) is 0 Å². The lowest BCUT2D eigenvalue weighted by molar-refractivity contribution is 0.0937. The average molecular weight is 410 g/mol. The minimum atomic E-state index is -0.385. The standard InChI is InChI=1S/C25H27FO4/c1-28-23-15-18(19(26)16-24(23)29-2)25(11-6-3-7-12-25)13-10-20(27)22-14-17-8-4-5-9-21(17)30-22/h4-5,8-9,14-16H,3,6-7,10-13H2,1-2H3. The van der Waals surface area contributed by atoms with Gasteiger partial charge in [0.15, 0.2) is 23.0 Å². The maximum atomic E-state index is 15.1. The molecule has 0 saturated heterocycles. The monoisotopic (exact) mass is 410 g/mol. The number of methoxy groups -OCH3 is 2. The maximum Gasteiger partial charge on any atom is 0.198 e. The van der Waals surface area contributed by atoms with Crippen LogP contribution in [0.4, 0.5) is 4.39 Å². The van der Waals surface area contributed by atoms with Crippen molar-refractivity contribution >= 4 is 16.8 Å². The first-order valence-corrected chi connectivity index (χ1v) is 10.5. The van der Waals surface area contributed by atoms with Crippen molar-refractivity contribution in [3.63, 3.8) is 0 Å². The van der Waals surface area contributed by atoms with Crippen LogP contribution in [0.1, 0.15) is 61.1 Å². The average Bonchev–Trinajstić information content (AvgIpc) is 3.22. The third-order valence-electron chi connectivity index (χ3n) is 6.39. The summed E-state index contributed by atoms with van der Waals surface area (Å²) in [6.07, 6.45) is 5.77. The van der Waals surface area contributed by atoms with Crippen molar-refractivity contribution in [3.05, 3.63) is 59.6 Å². The number of halogens is 1. The van der Waals surface area contributed by atoms with E-state index in [0.29, 0.717) is 41.2 Å². The SMILES string of the molecule is COc1cc(F)c(C2(CCC(=O)c3cc4ccccc4o3)CCCCC2)cc1OC. The zero-order chi connectivity index (χ0) is 21.1. The van der Waals surface area contributed by atoms with E-state index < -0.39 is 0 Å². The summed E-state index contributed by atoms with van der Waals surface area (Å²) in [5.74, 6) is 0.920. The number of carbonyl (C=O) groups is 1. The van der Waals surface area contributed by atoms with E-state index in [0.717, 1.165) is 37.5 Å². The van der Waals surface area contributed by atoms with Crippen LogP contribution in [0.25, 0.3) is 11.0 Å². The van der Waals surface area contributed by atoms with Crippen molar-refractivity contribution in [3.8, 4) is 11.5 Å². The molecule has 0 N–H and O–H groups in total. The smallest absolute Gasteiger partial charge is 0.198 e. The topological polar surface area (TPSA) is 48.7 Å². The van der Waals surface area contributed by atoms with Crippen LogP contribution in [0.3, 0.4) is 0 Å². The lowest BCUT2D eigenvalue weighted by Gasteiger charge is -2.38. The summed E-state index contributed by atoms with van der Waals surface area (Å²) in [5.41, 5.74) is 0.945. The van der Waals surface area contributed by atoms with Gasteiger partial charge in [-0.25, -0.2) is 4.39 Å². The van der Waals surface area contributed by atoms with Gasteiger partial charge in [-0.1, -0.05) is 37.5 Å². The minimum absolute atomic E-state index is 0.0444. The van der Waals surface area contributed by atoms with Crippen LogP contribution < -0.4 is 9.47 Å². The van der Waals surface area contributed by atoms with E-state index in [1.807, 2.05) is 24.3 Å². The second-order valence-electron chi connectivity index (χ2n) is 8.10. The van der Waals surface area contributed by atoms with Crippen LogP contribution in [-0.2, 0) is 5.41 Å². The van der Waals surface area contributed by atoms with E-state index in [1.165, 1.54) is 13.2 Å². The van der Waals surface area contributed by atoms with Crippen molar-refractivity contribution in [1.82, 2.24) is 0 Å². The highest BCUT2D eigenvalue weighted by atomic mass is 19.1. The second-order valence-corrected chi connectivity index (χ2v) is 8.10. The summed E-state index contributed by atoms with van der Waals surface area (Å²) in [4.78, 5) is 12.9. The molecule has 4 rings (SSSR count). The number of rotatable bonds is 7. The highest BCUT2D eigenvalue weighted by Crippen LogP contribution is 2.46. The van der Waals surface area contributed by atoms with Gasteiger partial charge in [0.25, 0.3) is 0 Å². The van der Waals surface area contributed by atoms with E-state index in [-0.39, 0.29) is 17.0 Å². The minimum Gasteiger partial charge on any atom is -0.493 e. The Labute approximate surface area is 176 Å². The number of ketones is 1. The largest absolute Gasteiger partial charge is 0.493 e. The Morgan fingerprint density at radius 2 is 1.73 bits per heavy atom. The maximum absolute atomic E-state index is 15.1. The predicted octanol–water partition coefficient (Wildman–Crippen LogP) is 6.45. The fraction of sp³-hybridized carbons (Fsp3) is 0.400. The predicted molar refractivity (Wildman–Crippen MR) is 114 cm³/mol. The highest BCUT2D eigenvalue weighted by Gasteiger charge is 2.37. The van der Waals surface area contributed by atoms with Crippen LogP contribution in [0.15, 0.2) is 46.9 Å². The van der Waals surface area contributed by atoms with Gasteiger partial charge in [0.1, 0.15) is 11.4 Å². The molecule has 5 heteroatoms. The third-order valence-corrected chi connectivity index (χ3v) is 6.39. The number of hydrogen-bond donors (Lipinski definition) is 0.